The number of hydrogen-bond acceptors (Lipinski definition) is 5. The fraction of sp³-hybridized carbons (Fsp3) is 0.412. The molecule has 8 nitrogen and oxygen atoms in total. The molecule has 3 amide bonds. The van der Waals surface area contributed by atoms with Gasteiger partial charge in [-0.2, -0.15) is 0 Å². The zero-order chi connectivity index (χ0) is 18.0. The van der Waals surface area contributed by atoms with Gasteiger partial charge in [0.05, 0.1) is 0 Å². The van der Waals surface area contributed by atoms with E-state index in [1.807, 2.05) is 6.07 Å². The summed E-state index contributed by atoms with van der Waals surface area (Å²) in [4.78, 5) is 48.1. The molecule has 0 saturated carbocycles. The number of piperidine rings is 1. The Morgan fingerprint density at radius 3 is 2.84 bits per heavy atom. The molecular weight excluding hydrogens is 326 g/mol. The molecule has 1 atom stereocenters. The van der Waals surface area contributed by atoms with Crippen LogP contribution in [0.4, 0.5) is 5.69 Å². The van der Waals surface area contributed by atoms with E-state index in [-0.39, 0.29) is 24.7 Å². The van der Waals surface area contributed by atoms with Crippen molar-refractivity contribution < 1.29 is 24.3 Å². The first-order chi connectivity index (χ1) is 12.0. The van der Waals surface area contributed by atoms with E-state index in [2.05, 4.69) is 10.6 Å². The molecular formula is C17H19N3O5. The molecule has 1 unspecified atom stereocenters. The van der Waals surface area contributed by atoms with Crippen molar-refractivity contribution in [1.29, 1.82) is 0 Å². The van der Waals surface area contributed by atoms with Gasteiger partial charge in [-0.3, -0.25) is 24.5 Å². The Morgan fingerprint density at radius 2 is 2.12 bits per heavy atom. The van der Waals surface area contributed by atoms with Crippen molar-refractivity contribution in [3.05, 3.63) is 29.3 Å². The number of amides is 3. The van der Waals surface area contributed by atoms with Crippen LogP contribution in [0, 0.1) is 0 Å². The van der Waals surface area contributed by atoms with Crippen molar-refractivity contribution in [3.63, 3.8) is 0 Å². The van der Waals surface area contributed by atoms with Crippen LogP contribution in [-0.2, 0) is 20.9 Å². The molecule has 2 aliphatic heterocycles. The third kappa shape index (κ3) is 3.47. The number of hydrogen-bond donors (Lipinski definition) is 3. The minimum Gasteiger partial charge on any atom is -0.481 e. The molecule has 0 radical (unpaired) electrons. The van der Waals surface area contributed by atoms with E-state index in [1.54, 1.807) is 12.1 Å². The largest absolute Gasteiger partial charge is 0.481 e. The summed E-state index contributed by atoms with van der Waals surface area (Å²) in [5.74, 6) is -1.82. The Balaban J connectivity index is 1.72. The summed E-state index contributed by atoms with van der Waals surface area (Å²) in [5.41, 5.74) is 2.10. The van der Waals surface area contributed by atoms with E-state index in [0.717, 1.165) is 11.3 Å². The van der Waals surface area contributed by atoms with Gasteiger partial charge in [-0.05, 0) is 25.0 Å². The quantitative estimate of drug-likeness (QED) is 0.517. The monoisotopic (exact) mass is 345 g/mol. The molecule has 1 saturated heterocycles. The highest BCUT2D eigenvalue weighted by molar-refractivity contribution is 6.06. The number of nitrogens with zero attached hydrogens (tertiary/aromatic N) is 1. The van der Waals surface area contributed by atoms with E-state index in [0.29, 0.717) is 31.5 Å². The van der Waals surface area contributed by atoms with Gasteiger partial charge in [-0.15, -0.1) is 0 Å². The number of anilines is 1. The number of carboxylic acids is 1. The molecule has 1 aromatic carbocycles. The minimum absolute atomic E-state index is 0.0728. The smallest absolute Gasteiger partial charge is 0.303 e. The van der Waals surface area contributed by atoms with Gasteiger partial charge >= 0.3 is 5.97 Å². The zero-order valence-corrected chi connectivity index (χ0v) is 13.6. The number of carboxylic acid groups (broad SMARTS) is 1. The number of nitrogens with one attached hydrogen (secondary N) is 2. The zero-order valence-electron chi connectivity index (χ0n) is 13.6. The maximum Gasteiger partial charge on any atom is 0.303 e. The normalized spacial score (nSPS) is 19.6. The minimum atomic E-state index is -0.848. The van der Waals surface area contributed by atoms with Crippen LogP contribution < -0.4 is 10.6 Å². The van der Waals surface area contributed by atoms with Crippen LogP contribution in [0.25, 0.3) is 0 Å². The van der Waals surface area contributed by atoms with Gasteiger partial charge in [0.25, 0.3) is 5.91 Å². The summed E-state index contributed by atoms with van der Waals surface area (Å²) >= 11 is 0. The molecule has 2 heterocycles. The molecule has 0 spiro atoms. The third-order valence-corrected chi connectivity index (χ3v) is 4.46. The maximum atomic E-state index is 12.7. The van der Waals surface area contributed by atoms with Crippen molar-refractivity contribution in [2.45, 2.75) is 38.3 Å². The molecule has 3 rings (SSSR count). The molecule has 0 aromatic heterocycles. The highest BCUT2D eigenvalue weighted by Crippen LogP contribution is 2.32. The van der Waals surface area contributed by atoms with Crippen LogP contribution in [0.2, 0.25) is 0 Å². The average Bonchev–Trinajstić information content (AvgIpc) is 2.89. The third-order valence-electron chi connectivity index (χ3n) is 4.46. The van der Waals surface area contributed by atoms with E-state index in [4.69, 9.17) is 5.11 Å². The van der Waals surface area contributed by atoms with Gasteiger partial charge in [0, 0.05) is 42.7 Å². The first-order valence-electron chi connectivity index (χ1n) is 8.19. The molecule has 3 N–H and O–H groups in total. The molecule has 25 heavy (non-hydrogen) atoms. The summed E-state index contributed by atoms with van der Waals surface area (Å²) in [6, 6.07) is 4.66. The second kappa shape index (κ2) is 6.92. The highest BCUT2D eigenvalue weighted by Gasteiger charge is 2.39. The number of rotatable bonds is 6. The predicted octanol–water partition coefficient (Wildman–Crippen LogP) is 0.724. The van der Waals surface area contributed by atoms with Gasteiger partial charge in [-0.25, -0.2) is 0 Å². The lowest BCUT2D eigenvalue weighted by Crippen LogP contribution is -2.52. The molecule has 8 heteroatoms. The number of carbonyl (C=O) groups excluding carboxylic acids is 3. The van der Waals surface area contributed by atoms with Crippen molar-refractivity contribution in [2.75, 3.05) is 11.9 Å². The summed E-state index contributed by atoms with van der Waals surface area (Å²) in [6.45, 7) is 0.776. The lowest BCUT2D eigenvalue weighted by atomic mass is 10.0. The van der Waals surface area contributed by atoms with Crippen LogP contribution in [0.3, 0.4) is 0 Å². The Hall–Kier alpha value is -2.90. The van der Waals surface area contributed by atoms with Crippen LogP contribution in [-0.4, -0.2) is 46.3 Å². The van der Waals surface area contributed by atoms with E-state index >= 15 is 0 Å². The molecule has 2 aliphatic rings. The van der Waals surface area contributed by atoms with Crippen LogP contribution in [0.1, 0.15) is 41.6 Å². The number of imide groups is 1. The molecule has 0 bridgehead atoms. The van der Waals surface area contributed by atoms with Crippen molar-refractivity contribution >= 4 is 29.4 Å². The standard InChI is InChI=1S/C17H19N3O5/c21-14-7-6-13(16(24)19-14)20-9-11-10(17(20)25)3-1-4-12(11)18-8-2-5-15(22)23/h1,3-4,13,18H,2,5-9H2,(H,22,23)(H,19,21,24). The van der Waals surface area contributed by atoms with E-state index in [9.17, 15) is 19.2 Å². The Labute approximate surface area is 144 Å². The van der Waals surface area contributed by atoms with Crippen molar-refractivity contribution in [3.8, 4) is 0 Å². The first-order valence-corrected chi connectivity index (χ1v) is 8.19. The van der Waals surface area contributed by atoms with E-state index < -0.39 is 17.9 Å². The molecule has 1 fully saturated rings. The highest BCUT2D eigenvalue weighted by atomic mass is 16.4. The fourth-order valence-corrected chi connectivity index (χ4v) is 3.21. The van der Waals surface area contributed by atoms with Crippen molar-refractivity contribution in [1.82, 2.24) is 10.2 Å². The predicted molar refractivity (Wildman–Crippen MR) is 87.8 cm³/mol. The van der Waals surface area contributed by atoms with Gasteiger partial charge in [0.1, 0.15) is 6.04 Å². The Morgan fingerprint density at radius 1 is 1.32 bits per heavy atom. The summed E-state index contributed by atoms with van der Waals surface area (Å²) in [5, 5.41) is 14.1. The number of aliphatic carboxylic acids is 1. The topological polar surface area (TPSA) is 116 Å². The molecule has 1 aromatic rings. The number of fused-ring (bicyclic) bond motifs is 1. The van der Waals surface area contributed by atoms with Gasteiger partial charge in [-0.1, -0.05) is 6.07 Å². The van der Waals surface area contributed by atoms with Gasteiger partial charge in [0.15, 0.2) is 0 Å². The van der Waals surface area contributed by atoms with Gasteiger partial charge < -0.3 is 15.3 Å². The van der Waals surface area contributed by atoms with Crippen LogP contribution in [0.5, 0.6) is 0 Å². The van der Waals surface area contributed by atoms with Gasteiger partial charge in [0.2, 0.25) is 11.8 Å². The lowest BCUT2D eigenvalue weighted by Gasteiger charge is -2.29. The summed E-state index contributed by atoms with van der Waals surface area (Å²) < 4.78 is 0. The second-order valence-electron chi connectivity index (χ2n) is 6.16. The molecule has 132 valence electrons. The number of carbonyl (C=O) groups is 4. The van der Waals surface area contributed by atoms with Crippen molar-refractivity contribution in [2.24, 2.45) is 0 Å². The lowest BCUT2D eigenvalue weighted by molar-refractivity contribution is -0.138. The van der Waals surface area contributed by atoms with Crippen LogP contribution in [0.15, 0.2) is 18.2 Å². The number of benzene rings is 1. The second-order valence-corrected chi connectivity index (χ2v) is 6.16. The SMILES string of the molecule is O=C(O)CCCNc1cccc2c1CN(C1CCC(=O)NC1=O)C2=O. The summed E-state index contributed by atoms with van der Waals surface area (Å²) in [7, 11) is 0. The average molecular weight is 345 g/mol. The van der Waals surface area contributed by atoms with Crippen LogP contribution >= 0.6 is 0 Å². The maximum absolute atomic E-state index is 12.7. The first kappa shape index (κ1) is 16.9. The Bertz CT molecular complexity index is 746. The molecule has 0 aliphatic carbocycles. The van der Waals surface area contributed by atoms with E-state index in [1.165, 1.54) is 4.90 Å². The Kier molecular flexibility index (Phi) is 4.69. The fourth-order valence-electron chi connectivity index (χ4n) is 3.21. The summed E-state index contributed by atoms with van der Waals surface area (Å²) in [6.07, 6.45) is 1.09.